The van der Waals surface area contributed by atoms with E-state index in [4.69, 9.17) is 5.73 Å². The van der Waals surface area contributed by atoms with Gasteiger partial charge in [0.15, 0.2) is 0 Å². The summed E-state index contributed by atoms with van der Waals surface area (Å²) >= 11 is 3.31. The van der Waals surface area contributed by atoms with Gasteiger partial charge in [-0.1, -0.05) is 28.1 Å². The lowest BCUT2D eigenvalue weighted by molar-refractivity contribution is 0.0955. The highest BCUT2D eigenvalue weighted by molar-refractivity contribution is 9.10. The largest absolute Gasteiger partial charge is 0.398 e. The number of benzene rings is 1. The third-order valence-electron chi connectivity index (χ3n) is 2.09. The van der Waals surface area contributed by atoms with Crippen LogP contribution < -0.4 is 11.1 Å². The molecule has 3 N–H and O–H groups in total. The van der Waals surface area contributed by atoms with Crippen LogP contribution in [0.25, 0.3) is 0 Å². The number of hydrogen-bond donors (Lipinski definition) is 2. The molecular formula is C12H15BrN2O. The Morgan fingerprint density at radius 3 is 3.00 bits per heavy atom. The van der Waals surface area contributed by atoms with E-state index in [0.29, 0.717) is 17.8 Å². The second-order valence-electron chi connectivity index (χ2n) is 3.35. The van der Waals surface area contributed by atoms with Gasteiger partial charge >= 0.3 is 0 Å². The second kappa shape index (κ2) is 6.33. The van der Waals surface area contributed by atoms with E-state index in [1.807, 2.05) is 25.1 Å². The molecule has 0 aliphatic rings. The second-order valence-corrected chi connectivity index (χ2v) is 4.26. The van der Waals surface area contributed by atoms with Crippen LogP contribution in [-0.2, 0) is 0 Å². The molecule has 16 heavy (non-hydrogen) atoms. The average Bonchev–Trinajstić information content (AvgIpc) is 2.27. The van der Waals surface area contributed by atoms with Crippen molar-refractivity contribution in [3.8, 4) is 0 Å². The van der Waals surface area contributed by atoms with Crippen molar-refractivity contribution in [2.45, 2.75) is 13.3 Å². The number of nitrogens with two attached hydrogens (primary N) is 1. The van der Waals surface area contributed by atoms with Crippen LogP contribution in [0.2, 0.25) is 0 Å². The van der Waals surface area contributed by atoms with E-state index in [1.54, 1.807) is 12.1 Å². The van der Waals surface area contributed by atoms with Gasteiger partial charge in [0.2, 0.25) is 0 Å². The predicted octanol–water partition coefficient (Wildman–Crippen LogP) is 2.73. The molecular weight excluding hydrogens is 268 g/mol. The Morgan fingerprint density at radius 1 is 1.56 bits per heavy atom. The van der Waals surface area contributed by atoms with Gasteiger partial charge < -0.3 is 11.1 Å². The minimum Gasteiger partial charge on any atom is -0.398 e. The molecule has 0 heterocycles. The van der Waals surface area contributed by atoms with E-state index in [1.165, 1.54) is 0 Å². The van der Waals surface area contributed by atoms with Crippen molar-refractivity contribution in [3.05, 3.63) is 40.4 Å². The quantitative estimate of drug-likeness (QED) is 0.507. The van der Waals surface area contributed by atoms with Gasteiger partial charge in [0.05, 0.1) is 5.56 Å². The summed E-state index contributed by atoms with van der Waals surface area (Å²) in [6.07, 6.45) is 4.79. The first-order valence-electron chi connectivity index (χ1n) is 5.09. The number of halogens is 1. The molecule has 1 aromatic rings. The molecule has 0 atom stereocenters. The van der Waals surface area contributed by atoms with Gasteiger partial charge in [0.25, 0.3) is 5.91 Å². The average molecular weight is 283 g/mol. The van der Waals surface area contributed by atoms with Crippen LogP contribution in [0.5, 0.6) is 0 Å². The van der Waals surface area contributed by atoms with E-state index in [9.17, 15) is 4.79 Å². The molecule has 1 amide bonds. The van der Waals surface area contributed by atoms with Crippen LogP contribution in [-0.4, -0.2) is 12.5 Å². The molecule has 4 heteroatoms. The van der Waals surface area contributed by atoms with E-state index in [-0.39, 0.29) is 5.91 Å². The SMILES string of the molecule is C/C=C/CCNC(=O)c1cc(Br)ccc1N. The van der Waals surface area contributed by atoms with Crippen LogP contribution in [0.3, 0.4) is 0 Å². The van der Waals surface area contributed by atoms with Crippen LogP contribution in [0.15, 0.2) is 34.8 Å². The topological polar surface area (TPSA) is 55.1 Å². The number of anilines is 1. The summed E-state index contributed by atoms with van der Waals surface area (Å²) in [5, 5.41) is 2.81. The summed E-state index contributed by atoms with van der Waals surface area (Å²) in [7, 11) is 0. The first-order chi connectivity index (χ1) is 7.65. The molecule has 0 fully saturated rings. The third kappa shape index (κ3) is 3.70. The summed E-state index contributed by atoms with van der Waals surface area (Å²) in [4.78, 5) is 11.7. The fourth-order valence-electron chi connectivity index (χ4n) is 1.26. The van der Waals surface area contributed by atoms with Crippen LogP contribution in [0.1, 0.15) is 23.7 Å². The van der Waals surface area contributed by atoms with Crippen molar-refractivity contribution in [1.82, 2.24) is 5.32 Å². The van der Waals surface area contributed by atoms with Gasteiger partial charge in [0, 0.05) is 16.7 Å². The standard InChI is InChI=1S/C12H15BrN2O/c1-2-3-4-7-15-12(16)10-8-9(13)5-6-11(10)14/h2-3,5-6,8H,4,7,14H2,1H3,(H,15,16)/b3-2+. The monoisotopic (exact) mass is 282 g/mol. The highest BCUT2D eigenvalue weighted by Gasteiger charge is 2.08. The van der Waals surface area contributed by atoms with Crippen molar-refractivity contribution in [1.29, 1.82) is 0 Å². The zero-order valence-electron chi connectivity index (χ0n) is 9.16. The number of carbonyl (C=O) groups excluding carboxylic acids is 1. The fourth-order valence-corrected chi connectivity index (χ4v) is 1.62. The summed E-state index contributed by atoms with van der Waals surface area (Å²) < 4.78 is 0.848. The summed E-state index contributed by atoms with van der Waals surface area (Å²) in [5.74, 6) is -0.136. The minimum atomic E-state index is -0.136. The van der Waals surface area contributed by atoms with Gasteiger partial charge in [0.1, 0.15) is 0 Å². The fraction of sp³-hybridized carbons (Fsp3) is 0.250. The lowest BCUT2D eigenvalue weighted by atomic mass is 10.1. The molecule has 0 aromatic heterocycles. The molecule has 0 bridgehead atoms. The summed E-state index contributed by atoms with van der Waals surface area (Å²) in [6.45, 7) is 2.57. The highest BCUT2D eigenvalue weighted by atomic mass is 79.9. The minimum absolute atomic E-state index is 0.136. The van der Waals surface area contributed by atoms with Crippen molar-refractivity contribution in [3.63, 3.8) is 0 Å². The molecule has 0 spiro atoms. The zero-order valence-corrected chi connectivity index (χ0v) is 10.8. The zero-order chi connectivity index (χ0) is 12.0. The Hall–Kier alpha value is -1.29. The molecule has 3 nitrogen and oxygen atoms in total. The summed E-state index contributed by atoms with van der Waals surface area (Å²) in [6, 6.07) is 5.25. The maximum atomic E-state index is 11.7. The van der Waals surface area contributed by atoms with Gasteiger partial charge in [-0.3, -0.25) is 4.79 Å². The van der Waals surface area contributed by atoms with E-state index in [2.05, 4.69) is 21.2 Å². The van der Waals surface area contributed by atoms with Crippen LogP contribution in [0.4, 0.5) is 5.69 Å². The Labute approximate surface area is 104 Å². The molecule has 1 aromatic carbocycles. The molecule has 1 rings (SSSR count). The van der Waals surface area contributed by atoms with E-state index >= 15 is 0 Å². The first-order valence-corrected chi connectivity index (χ1v) is 5.89. The van der Waals surface area contributed by atoms with Gasteiger partial charge in [-0.25, -0.2) is 0 Å². The predicted molar refractivity (Wildman–Crippen MR) is 70.3 cm³/mol. The molecule has 0 radical (unpaired) electrons. The van der Waals surface area contributed by atoms with Crippen molar-refractivity contribution < 1.29 is 4.79 Å². The van der Waals surface area contributed by atoms with Crippen molar-refractivity contribution >= 4 is 27.5 Å². The normalized spacial score (nSPS) is 10.6. The van der Waals surface area contributed by atoms with Crippen LogP contribution >= 0.6 is 15.9 Å². The number of rotatable bonds is 4. The lowest BCUT2D eigenvalue weighted by Gasteiger charge is -2.06. The molecule has 0 saturated heterocycles. The van der Waals surface area contributed by atoms with Crippen molar-refractivity contribution in [2.75, 3.05) is 12.3 Å². The smallest absolute Gasteiger partial charge is 0.253 e. The van der Waals surface area contributed by atoms with Crippen molar-refractivity contribution in [2.24, 2.45) is 0 Å². The van der Waals surface area contributed by atoms with Gasteiger partial charge in [-0.15, -0.1) is 0 Å². The number of nitrogen functional groups attached to an aromatic ring is 1. The number of carbonyl (C=O) groups is 1. The Bertz CT molecular complexity index is 402. The molecule has 0 aliphatic carbocycles. The Kier molecular flexibility index (Phi) is 5.05. The van der Waals surface area contributed by atoms with Crippen LogP contribution in [0, 0.1) is 0 Å². The Balaban J connectivity index is 2.62. The van der Waals surface area contributed by atoms with Gasteiger partial charge in [-0.2, -0.15) is 0 Å². The third-order valence-corrected chi connectivity index (χ3v) is 2.59. The highest BCUT2D eigenvalue weighted by Crippen LogP contribution is 2.18. The molecule has 0 unspecified atom stereocenters. The van der Waals surface area contributed by atoms with E-state index in [0.717, 1.165) is 10.9 Å². The molecule has 0 aliphatic heterocycles. The number of allylic oxidation sites excluding steroid dienone is 1. The maximum Gasteiger partial charge on any atom is 0.253 e. The number of hydrogen-bond acceptors (Lipinski definition) is 2. The Morgan fingerprint density at radius 2 is 2.31 bits per heavy atom. The maximum absolute atomic E-state index is 11.7. The number of amides is 1. The van der Waals surface area contributed by atoms with E-state index < -0.39 is 0 Å². The number of nitrogens with one attached hydrogen (secondary N) is 1. The molecule has 0 saturated carbocycles. The molecule has 86 valence electrons. The first kappa shape index (κ1) is 12.8. The summed E-state index contributed by atoms with van der Waals surface area (Å²) in [5.41, 5.74) is 6.73. The lowest BCUT2D eigenvalue weighted by Crippen LogP contribution is -2.25. The van der Waals surface area contributed by atoms with Gasteiger partial charge in [-0.05, 0) is 31.5 Å².